The van der Waals surface area contributed by atoms with E-state index in [-0.39, 0.29) is 12.0 Å². The molecule has 2 heterocycles. The molecule has 1 aliphatic heterocycles. The first-order valence-electron chi connectivity index (χ1n) is 9.57. The highest BCUT2D eigenvalue weighted by Gasteiger charge is 2.24. The number of carbonyl (C=O) groups is 1. The Kier molecular flexibility index (Phi) is 6.09. The number of piperidine rings is 1. The highest BCUT2D eigenvalue weighted by molar-refractivity contribution is 5.94. The Morgan fingerprint density at radius 2 is 2.04 bits per heavy atom. The van der Waals surface area contributed by atoms with Gasteiger partial charge in [0.1, 0.15) is 0 Å². The number of carbonyl (C=O) groups excluding carboxylic acids is 1. The van der Waals surface area contributed by atoms with Gasteiger partial charge in [-0.1, -0.05) is 19.1 Å². The van der Waals surface area contributed by atoms with Gasteiger partial charge in [-0.15, -0.1) is 0 Å². The molecule has 0 bridgehead atoms. The summed E-state index contributed by atoms with van der Waals surface area (Å²) in [4.78, 5) is 14.7. The second kappa shape index (κ2) is 8.49. The number of nitrogens with zero attached hydrogens (tertiary/aromatic N) is 3. The summed E-state index contributed by atoms with van der Waals surface area (Å²) in [6.45, 7) is 9.19. The number of aromatic nitrogens is 2. The first kappa shape index (κ1) is 18.6. The summed E-state index contributed by atoms with van der Waals surface area (Å²) in [5.74, 6) is 0.104. The van der Waals surface area contributed by atoms with Crippen molar-refractivity contribution in [2.75, 3.05) is 19.7 Å². The van der Waals surface area contributed by atoms with Crippen LogP contribution < -0.4 is 0 Å². The average molecular weight is 355 g/mol. The van der Waals surface area contributed by atoms with Crippen molar-refractivity contribution in [3.8, 4) is 0 Å². The second-order valence-electron chi connectivity index (χ2n) is 7.17. The van der Waals surface area contributed by atoms with Gasteiger partial charge in [0.15, 0.2) is 0 Å². The zero-order valence-electron chi connectivity index (χ0n) is 16.1. The van der Waals surface area contributed by atoms with E-state index in [1.54, 1.807) is 0 Å². The molecule has 1 saturated heterocycles. The number of ether oxygens (including phenoxy) is 1. The molecule has 140 valence electrons. The maximum atomic E-state index is 12.8. The standard InChI is InChI=1S/C21H29N3O2/c1-4-12-26-20-6-5-11-23(15-20)21(25)19-9-7-18(8-10-19)14-24-17(3)13-16(2)22-24/h7-10,13,20H,4-6,11-12,14-15H2,1-3H3. The average Bonchev–Trinajstić information content (AvgIpc) is 2.97. The van der Waals surface area contributed by atoms with Crippen LogP contribution in [0, 0.1) is 13.8 Å². The molecule has 0 N–H and O–H groups in total. The summed E-state index contributed by atoms with van der Waals surface area (Å²) in [7, 11) is 0. The summed E-state index contributed by atoms with van der Waals surface area (Å²) >= 11 is 0. The first-order chi connectivity index (χ1) is 12.6. The van der Waals surface area contributed by atoms with E-state index in [0.29, 0.717) is 6.54 Å². The minimum Gasteiger partial charge on any atom is -0.376 e. The molecule has 5 heteroatoms. The number of benzene rings is 1. The third kappa shape index (κ3) is 4.52. The van der Waals surface area contributed by atoms with Gasteiger partial charge in [0.2, 0.25) is 0 Å². The van der Waals surface area contributed by atoms with Crippen molar-refractivity contribution in [3.05, 3.63) is 52.8 Å². The maximum absolute atomic E-state index is 12.8. The molecule has 26 heavy (non-hydrogen) atoms. The van der Waals surface area contributed by atoms with E-state index in [1.807, 2.05) is 40.8 Å². The molecule has 1 atom stereocenters. The first-order valence-corrected chi connectivity index (χ1v) is 9.57. The molecular weight excluding hydrogens is 326 g/mol. The lowest BCUT2D eigenvalue weighted by atomic mass is 10.1. The van der Waals surface area contributed by atoms with Crippen LogP contribution in [0.25, 0.3) is 0 Å². The quantitative estimate of drug-likeness (QED) is 0.796. The van der Waals surface area contributed by atoms with Crippen molar-refractivity contribution in [2.45, 2.75) is 52.7 Å². The zero-order valence-corrected chi connectivity index (χ0v) is 16.1. The van der Waals surface area contributed by atoms with E-state index >= 15 is 0 Å². The summed E-state index contributed by atoms with van der Waals surface area (Å²) in [6.07, 6.45) is 3.25. The van der Waals surface area contributed by atoms with Crippen LogP contribution in [-0.4, -0.2) is 46.4 Å². The third-order valence-electron chi connectivity index (χ3n) is 4.86. The van der Waals surface area contributed by atoms with Crippen molar-refractivity contribution in [1.29, 1.82) is 0 Å². The van der Waals surface area contributed by atoms with Gasteiger partial charge in [-0.05, 0) is 56.9 Å². The molecule has 2 aromatic rings. The van der Waals surface area contributed by atoms with Crippen molar-refractivity contribution in [3.63, 3.8) is 0 Å². The Hall–Kier alpha value is -2.14. The highest BCUT2D eigenvalue weighted by atomic mass is 16.5. The van der Waals surface area contributed by atoms with Crippen LogP contribution in [0.2, 0.25) is 0 Å². The largest absolute Gasteiger partial charge is 0.376 e. The minimum atomic E-state index is 0.104. The van der Waals surface area contributed by atoms with Crippen LogP contribution in [0.15, 0.2) is 30.3 Å². The summed E-state index contributed by atoms with van der Waals surface area (Å²) in [5, 5.41) is 4.50. The van der Waals surface area contributed by atoms with Crippen LogP contribution in [-0.2, 0) is 11.3 Å². The van der Waals surface area contributed by atoms with E-state index in [1.165, 1.54) is 0 Å². The van der Waals surface area contributed by atoms with Crippen molar-refractivity contribution >= 4 is 5.91 Å². The Bertz CT molecular complexity index is 736. The van der Waals surface area contributed by atoms with Gasteiger partial charge >= 0.3 is 0 Å². The summed E-state index contributed by atoms with van der Waals surface area (Å²) in [6, 6.07) is 9.99. The molecule has 1 fully saturated rings. The lowest BCUT2D eigenvalue weighted by molar-refractivity contribution is 0.00211. The van der Waals surface area contributed by atoms with Crippen LogP contribution >= 0.6 is 0 Å². The van der Waals surface area contributed by atoms with Crippen LogP contribution in [0.3, 0.4) is 0 Å². The maximum Gasteiger partial charge on any atom is 0.253 e. The molecule has 0 aliphatic carbocycles. The van der Waals surface area contributed by atoms with E-state index in [2.05, 4.69) is 25.0 Å². The Balaban J connectivity index is 1.62. The van der Waals surface area contributed by atoms with Gasteiger partial charge in [-0.25, -0.2) is 0 Å². The minimum absolute atomic E-state index is 0.104. The summed E-state index contributed by atoms with van der Waals surface area (Å²) < 4.78 is 7.84. The van der Waals surface area contributed by atoms with E-state index < -0.39 is 0 Å². The molecule has 1 aromatic heterocycles. The van der Waals surface area contributed by atoms with Gasteiger partial charge in [-0.3, -0.25) is 9.48 Å². The molecule has 0 radical (unpaired) electrons. The molecule has 5 nitrogen and oxygen atoms in total. The molecule has 3 rings (SSSR count). The predicted octanol–water partition coefficient (Wildman–Crippen LogP) is 3.58. The van der Waals surface area contributed by atoms with Crippen molar-refractivity contribution < 1.29 is 9.53 Å². The molecule has 1 unspecified atom stereocenters. The van der Waals surface area contributed by atoms with Gasteiger partial charge in [0, 0.05) is 31.0 Å². The van der Waals surface area contributed by atoms with Gasteiger partial charge in [0.05, 0.1) is 18.3 Å². The fourth-order valence-corrected chi connectivity index (χ4v) is 3.49. The Labute approximate surface area is 156 Å². The highest BCUT2D eigenvalue weighted by Crippen LogP contribution is 2.17. The Morgan fingerprint density at radius 3 is 2.69 bits per heavy atom. The lowest BCUT2D eigenvalue weighted by Gasteiger charge is -2.32. The topological polar surface area (TPSA) is 47.4 Å². The van der Waals surface area contributed by atoms with Crippen LogP contribution in [0.5, 0.6) is 0 Å². The number of aryl methyl sites for hydroxylation is 2. The third-order valence-corrected chi connectivity index (χ3v) is 4.86. The second-order valence-corrected chi connectivity index (χ2v) is 7.17. The molecule has 0 spiro atoms. The Morgan fingerprint density at radius 1 is 1.27 bits per heavy atom. The van der Waals surface area contributed by atoms with Gasteiger partial charge in [0.25, 0.3) is 5.91 Å². The molecule has 0 saturated carbocycles. The number of amides is 1. The van der Waals surface area contributed by atoms with Gasteiger partial charge < -0.3 is 9.64 Å². The smallest absolute Gasteiger partial charge is 0.253 e. The molecule has 1 aliphatic rings. The summed E-state index contributed by atoms with van der Waals surface area (Å²) in [5.41, 5.74) is 4.07. The fraction of sp³-hybridized carbons (Fsp3) is 0.524. The molecular formula is C21H29N3O2. The lowest BCUT2D eigenvalue weighted by Crippen LogP contribution is -2.43. The van der Waals surface area contributed by atoms with Crippen LogP contribution in [0.1, 0.15) is 53.5 Å². The number of likely N-dealkylation sites (tertiary alicyclic amines) is 1. The van der Waals surface area contributed by atoms with E-state index in [0.717, 1.165) is 61.5 Å². The van der Waals surface area contributed by atoms with Crippen molar-refractivity contribution in [2.24, 2.45) is 0 Å². The number of hydrogen-bond acceptors (Lipinski definition) is 3. The molecule has 1 aromatic carbocycles. The molecule has 1 amide bonds. The van der Waals surface area contributed by atoms with Crippen LogP contribution in [0.4, 0.5) is 0 Å². The SMILES string of the molecule is CCCOC1CCCN(C(=O)c2ccc(Cn3nc(C)cc3C)cc2)C1. The van der Waals surface area contributed by atoms with E-state index in [9.17, 15) is 4.79 Å². The predicted molar refractivity (Wildman–Crippen MR) is 102 cm³/mol. The number of rotatable bonds is 6. The zero-order chi connectivity index (χ0) is 18.5. The van der Waals surface area contributed by atoms with E-state index in [4.69, 9.17) is 4.74 Å². The van der Waals surface area contributed by atoms with Gasteiger partial charge in [-0.2, -0.15) is 5.10 Å². The monoisotopic (exact) mass is 355 g/mol. The van der Waals surface area contributed by atoms with Crippen molar-refractivity contribution in [1.82, 2.24) is 14.7 Å². The fourth-order valence-electron chi connectivity index (χ4n) is 3.49. The normalized spacial score (nSPS) is 17.5. The number of hydrogen-bond donors (Lipinski definition) is 0.